The van der Waals surface area contributed by atoms with Gasteiger partial charge >= 0.3 is 0 Å². The molecule has 1 aliphatic rings. The van der Waals surface area contributed by atoms with E-state index in [2.05, 4.69) is 11.0 Å². The summed E-state index contributed by atoms with van der Waals surface area (Å²) in [5.74, 6) is 0.922. The van der Waals surface area contributed by atoms with Crippen molar-refractivity contribution in [2.45, 2.75) is 12.8 Å². The molecule has 0 fully saturated rings. The van der Waals surface area contributed by atoms with Crippen LogP contribution in [0.25, 0.3) is 0 Å². The quantitative estimate of drug-likeness (QED) is 0.866. The zero-order valence-electron chi connectivity index (χ0n) is 11.6. The normalized spacial score (nSPS) is 13.9. The molecule has 104 valence electrons. The number of ether oxygens (including phenoxy) is 1. The van der Waals surface area contributed by atoms with E-state index in [0.29, 0.717) is 6.61 Å². The molecule has 0 atom stereocenters. The van der Waals surface area contributed by atoms with E-state index in [4.69, 9.17) is 10.5 Å². The van der Waals surface area contributed by atoms with Gasteiger partial charge in [0.25, 0.3) is 0 Å². The Morgan fingerprint density at radius 1 is 1.05 bits per heavy atom. The smallest absolute Gasteiger partial charge is 0.119 e. The molecule has 0 aliphatic carbocycles. The largest absolute Gasteiger partial charge is 0.492 e. The number of rotatable bonds is 4. The lowest BCUT2D eigenvalue weighted by Crippen LogP contribution is -2.33. The third kappa shape index (κ3) is 2.72. The molecule has 0 unspecified atom stereocenters. The molecular formula is C17H20N2O. The topological polar surface area (TPSA) is 38.5 Å². The summed E-state index contributed by atoms with van der Waals surface area (Å²) in [6, 6.07) is 16.1. The molecule has 3 rings (SSSR count). The minimum atomic E-state index is 0.678. The fourth-order valence-electron chi connectivity index (χ4n) is 2.78. The summed E-state index contributed by atoms with van der Waals surface area (Å²) < 4.78 is 5.78. The lowest BCUT2D eigenvalue weighted by Gasteiger charge is -2.32. The Bertz CT molecular complexity index is 568. The van der Waals surface area contributed by atoms with Gasteiger partial charge in [0.05, 0.1) is 17.9 Å². The molecule has 3 heteroatoms. The van der Waals surface area contributed by atoms with Crippen LogP contribution >= 0.6 is 0 Å². The fourth-order valence-corrected chi connectivity index (χ4v) is 2.78. The van der Waals surface area contributed by atoms with Crippen LogP contribution in [-0.2, 0) is 6.42 Å². The molecule has 2 aromatic carbocycles. The molecule has 0 saturated carbocycles. The highest BCUT2D eigenvalue weighted by Gasteiger charge is 2.18. The number of fused-ring (bicyclic) bond motifs is 1. The van der Waals surface area contributed by atoms with Crippen LogP contribution in [0.1, 0.15) is 12.0 Å². The Morgan fingerprint density at radius 3 is 2.75 bits per heavy atom. The van der Waals surface area contributed by atoms with Crippen molar-refractivity contribution in [1.29, 1.82) is 0 Å². The van der Waals surface area contributed by atoms with Gasteiger partial charge in [-0.15, -0.1) is 0 Å². The first-order valence-electron chi connectivity index (χ1n) is 7.15. The standard InChI is InChI=1S/C17H20N2O/c18-16-10-4-6-14-7-5-11-19(17(14)16)12-13-20-15-8-2-1-3-9-15/h1-4,6,8-10H,5,7,11-13,18H2. The Labute approximate surface area is 120 Å². The monoisotopic (exact) mass is 268 g/mol. The zero-order chi connectivity index (χ0) is 13.8. The average Bonchev–Trinajstić information content (AvgIpc) is 2.49. The summed E-state index contributed by atoms with van der Waals surface area (Å²) in [6.07, 6.45) is 2.30. The molecule has 0 aromatic heterocycles. The van der Waals surface area contributed by atoms with Crippen LogP contribution in [0.15, 0.2) is 48.5 Å². The molecule has 0 spiro atoms. The van der Waals surface area contributed by atoms with Gasteiger partial charge in [0.1, 0.15) is 12.4 Å². The van der Waals surface area contributed by atoms with Gasteiger partial charge in [-0.1, -0.05) is 30.3 Å². The van der Waals surface area contributed by atoms with E-state index in [9.17, 15) is 0 Å². The highest BCUT2D eigenvalue weighted by molar-refractivity contribution is 5.72. The van der Waals surface area contributed by atoms with Crippen LogP contribution in [0.4, 0.5) is 11.4 Å². The van der Waals surface area contributed by atoms with E-state index in [1.54, 1.807) is 0 Å². The summed E-state index contributed by atoms with van der Waals surface area (Å²) in [6.45, 7) is 2.60. The number of para-hydroxylation sites is 2. The van der Waals surface area contributed by atoms with E-state index in [1.807, 2.05) is 42.5 Å². The SMILES string of the molecule is Nc1cccc2c1N(CCOc1ccccc1)CCC2. The van der Waals surface area contributed by atoms with Crippen molar-refractivity contribution in [3.05, 3.63) is 54.1 Å². The van der Waals surface area contributed by atoms with Gasteiger partial charge in [-0.2, -0.15) is 0 Å². The molecule has 3 nitrogen and oxygen atoms in total. The van der Waals surface area contributed by atoms with Gasteiger partial charge in [-0.3, -0.25) is 0 Å². The zero-order valence-corrected chi connectivity index (χ0v) is 11.6. The molecule has 0 saturated heterocycles. The van der Waals surface area contributed by atoms with Crippen molar-refractivity contribution in [1.82, 2.24) is 0 Å². The van der Waals surface area contributed by atoms with Gasteiger partial charge in [0.15, 0.2) is 0 Å². The number of nitrogen functional groups attached to an aromatic ring is 1. The number of hydrogen-bond acceptors (Lipinski definition) is 3. The van der Waals surface area contributed by atoms with Gasteiger partial charge in [-0.25, -0.2) is 0 Å². The van der Waals surface area contributed by atoms with E-state index < -0.39 is 0 Å². The Morgan fingerprint density at radius 2 is 1.90 bits per heavy atom. The number of anilines is 2. The summed E-state index contributed by atoms with van der Waals surface area (Å²) in [7, 11) is 0. The number of nitrogens with zero attached hydrogens (tertiary/aromatic N) is 1. The highest BCUT2D eigenvalue weighted by Crippen LogP contribution is 2.32. The number of aryl methyl sites for hydroxylation is 1. The summed E-state index contributed by atoms with van der Waals surface area (Å²) in [4.78, 5) is 2.34. The van der Waals surface area contributed by atoms with Crippen LogP contribution in [-0.4, -0.2) is 19.7 Å². The van der Waals surface area contributed by atoms with Gasteiger partial charge in [0, 0.05) is 6.54 Å². The Balaban J connectivity index is 1.65. The second-order valence-electron chi connectivity index (χ2n) is 5.11. The first-order valence-corrected chi connectivity index (χ1v) is 7.15. The van der Waals surface area contributed by atoms with Crippen molar-refractivity contribution in [2.75, 3.05) is 30.3 Å². The second-order valence-corrected chi connectivity index (χ2v) is 5.11. The van der Waals surface area contributed by atoms with Crippen molar-refractivity contribution in [3.8, 4) is 5.75 Å². The lowest BCUT2D eigenvalue weighted by atomic mass is 10.0. The van der Waals surface area contributed by atoms with Gasteiger partial charge < -0.3 is 15.4 Å². The molecule has 0 bridgehead atoms. The van der Waals surface area contributed by atoms with E-state index >= 15 is 0 Å². The Kier molecular flexibility index (Phi) is 3.77. The summed E-state index contributed by atoms with van der Waals surface area (Å²) in [5, 5.41) is 0. The maximum atomic E-state index is 6.13. The molecular weight excluding hydrogens is 248 g/mol. The lowest BCUT2D eigenvalue weighted by molar-refractivity contribution is 0.322. The van der Waals surface area contributed by atoms with E-state index in [1.165, 1.54) is 17.7 Å². The van der Waals surface area contributed by atoms with Crippen LogP contribution in [0.3, 0.4) is 0 Å². The number of nitrogens with two attached hydrogens (primary N) is 1. The van der Waals surface area contributed by atoms with Crippen LogP contribution in [0.5, 0.6) is 5.75 Å². The maximum Gasteiger partial charge on any atom is 0.119 e. The van der Waals surface area contributed by atoms with Crippen molar-refractivity contribution < 1.29 is 4.74 Å². The molecule has 0 amide bonds. The predicted molar refractivity (Wildman–Crippen MR) is 83.3 cm³/mol. The minimum absolute atomic E-state index is 0.678. The minimum Gasteiger partial charge on any atom is -0.492 e. The van der Waals surface area contributed by atoms with E-state index in [0.717, 1.165) is 30.9 Å². The van der Waals surface area contributed by atoms with Crippen LogP contribution < -0.4 is 15.4 Å². The van der Waals surface area contributed by atoms with Crippen molar-refractivity contribution >= 4 is 11.4 Å². The van der Waals surface area contributed by atoms with Crippen LogP contribution in [0.2, 0.25) is 0 Å². The number of benzene rings is 2. The van der Waals surface area contributed by atoms with Crippen molar-refractivity contribution in [3.63, 3.8) is 0 Å². The summed E-state index contributed by atoms with van der Waals surface area (Å²) in [5.41, 5.74) is 9.57. The van der Waals surface area contributed by atoms with Gasteiger partial charge in [-0.05, 0) is 36.6 Å². The van der Waals surface area contributed by atoms with E-state index in [-0.39, 0.29) is 0 Å². The first-order chi connectivity index (χ1) is 9.84. The maximum absolute atomic E-state index is 6.13. The average molecular weight is 268 g/mol. The molecule has 2 aromatic rings. The number of hydrogen-bond donors (Lipinski definition) is 1. The van der Waals surface area contributed by atoms with Crippen molar-refractivity contribution in [2.24, 2.45) is 0 Å². The first kappa shape index (κ1) is 12.9. The third-order valence-electron chi connectivity index (χ3n) is 3.71. The molecule has 1 aliphatic heterocycles. The van der Waals surface area contributed by atoms with Crippen LogP contribution in [0, 0.1) is 0 Å². The molecule has 0 radical (unpaired) electrons. The molecule has 20 heavy (non-hydrogen) atoms. The fraction of sp³-hybridized carbons (Fsp3) is 0.294. The Hall–Kier alpha value is -2.16. The second kappa shape index (κ2) is 5.87. The molecule has 1 heterocycles. The summed E-state index contributed by atoms with van der Waals surface area (Å²) >= 11 is 0. The molecule has 2 N–H and O–H groups in total. The van der Waals surface area contributed by atoms with Gasteiger partial charge in [0.2, 0.25) is 0 Å². The predicted octanol–water partition coefficient (Wildman–Crippen LogP) is 3.10. The highest BCUT2D eigenvalue weighted by atomic mass is 16.5. The third-order valence-corrected chi connectivity index (χ3v) is 3.71.